The van der Waals surface area contributed by atoms with Gasteiger partial charge in [0.05, 0.1) is 14.2 Å². The number of aromatic nitrogens is 2. The average Bonchev–Trinajstić information content (AvgIpc) is 3.34. The van der Waals surface area contributed by atoms with Crippen molar-refractivity contribution in [2.24, 2.45) is 0 Å². The number of fused-ring (bicyclic) bond motifs is 1. The molecule has 5 aromatic rings. The molecule has 0 aliphatic heterocycles. The van der Waals surface area contributed by atoms with E-state index in [0.717, 1.165) is 33.2 Å². The number of hydrogen-bond acceptors (Lipinski definition) is 4. The first-order valence-corrected chi connectivity index (χ1v) is 12.7. The van der Waals surface area contributed by atoms with Gasteiger partial charge in [0.15, 0.2) is 0 Å². The first-order valence-electron chi connectivity index (χ1n) is 12.7. The van der Waals surface area contributed by atoms with Crippen molar-refractivity contribution in [2.75, 3.05) is 14.2 Å². The molecule has 6 nitrogen and oxygen atoms in total. The third-order valence-electron chi connectivity index (χ3n) is 6.87. The first kappa shape index (κ1) is 26.0. The molecule has 0 spiro atoms. The van der Waals surface area contributed by atoms with E-state index in [1.165, 1.54) is 12.1 Å². The number of hydrogen-bond donors (Lipinski definition) is 1. The van der Waals surface area contributed by atoms with Gasteiger partial charge in [0.25, 0.3) is 0 Å². The van der Waals surface area contributed by atoms with Crippen LogP contribution in [0.2, 0.25) is 0 Å². The Morgan fingerprint density at radius 2 is 1.62 bits per heavy atom. The fraction of sp³-hybridized carbons (Fsp3) is 0.188. The third kappa shape index (κ3) is 6.09. The van der Waals surface area contributed by atoms with Gasteiger partial charge in [0, 0.05) is 61.0 Å². The Morgan fingerprint density at radius 3 is 2.31 bits per heavy atom. The summed E-state index contributed by atoms with van der Waals surface area (Å²) < 4.78 is 26.8. The summed E-state index contributed by atoms with van der Waals surface area (Å²) >= 11 is 0. The summed E-state index contributed by atoms with van der Waals surface area (Å²) in [5.41, 5.74) is 4.93. The maximum absolute atomic E-state index is 13.5. The standard InChI is InChI=1S/C32H30FN3O3/c1-38-26-15-24(16-27(17-26)39-2)29(18-32(37)35-19-22-11-13-34-14-12-22)30-21-36(31-6-4-3-5-28(30)31)20-23-7-9-25(33)10-8-23/h3-17,21,29H,18-20H2,1-2H3,(H,35,37). The zero-order valence-electron chi connectivity index (χ0n) is 21.9. The molecule has 198 valence electrons. The minimum absolute atomic E-state index is 0.0750. The van der Waals surface area contributed by atoms with E-state index < -0.39 is 0 Å². The molecule has 0 fully saturated rings. The summed E-state index contributed by atoms with van der Waals surface area (Å²) in [7, 11) is 3.23. The minimum atomic E-state index is -0.272. The molecule has 1 unspecified atom stereocenters. The van der Waals surface area contributed by atoms with Crippen LogP contribution >= 0.6 is 0 Å². The van der Waals surface area contributed by atoms with E-state index in [9.17, 15) is 9.18 Å². The first-order chi connectivity index (χ1) is 19.0. The monoisotopic (exact) mass is 523 g/mol. The number of halogens is 1. The smallest absolute Gasteiger partial charge is 0.221 e. The summed E-state index contributed by atoms with van der Waals surface area (Å²) in [4.78, 5) is 17.4. The lowest BCUT2D eigenvalue weighted by molar-refractivity contribution is -0.121. The quantitative estimate of drug-likeness (QED) is 0.241. The number of benzene rings is 3. The molecule has 5 rings (SSSR count). The average molecular weight is 524 g/mol. The second-order valence-electron chi connectivity index (χ2n) is 9.39. The SMILES string of the molecule is COc1cc(OC)cc(C(CC(=O)NCc2ccncc2)c2cn(Cc3ccc(F)cc3)c3ccccc23)c1. The number of methoxy groups -OCH3 is 2. The van der Waals surface area contributed by atoms with Crippen molar-refractivity contribution in [1.82, 2.24) is 14.9 Å². The van der Waals surface area contributed by atoms with E-state index in [1.54, 1.807) is 38.7 Å². The van der Waals surface area contributed by atoms with Crippen LogP contribution in [0.5, 0.6) is 11.5 Å². The van der Waals surface area contributed by atoms with E-state index in [4.69, 9.17) is 9.47 Å². The van der Waals surface area contributed by atoms with Crippen molar-refractivity contribution in [3.05, 3.63) is 126 Å². The largest absolute Gasteiger partial charge is 0.497 e. The van der Waals surface area contributed by atoms with Gasteiger partial charge in [-0.15, -0.1) is 0 Å². The lowest BCUT2D eigenvalue weighted by atomic mass is 9.87. The van der Waals surface area contributed by atoms with Gasteiger partial charge in [-0.05, 0) is 64.7 Å². The van der Waals surface area contributed by atoms with Crippen LogP contribution in [-0.4, -0.2) is 29.7 Å². The van der Waals surface area contributed by atoms with Crippen LogP contribution in [0.25, 0.3) is 10.9 Å². The molecule has 0 saturated carbocycles. The molecule has 2 heterocycles. The van der Waals surface area contributed by atoms with Gasteiger partial charge in [-0.2, -0.15) is 0 Å². The van der Waals surface area contributed by atoms with Crippen LogP contribution in [-0.2, 0) is 17.9 Å². The van der Waals surface area contributed by atoms with Gasteiger partial charge in [0.2, 0.25) is 5.91 Å². The summed E-state index contributed by atoms with van der Waals surface area (Å²) in [5, 5.41) is 4.10. The highest BCUT2D eigenvalue weighted by molar-refractivity contribution is 5.87. The van der Waals surface area contributed by atoms with Crippen LogP contribution in [0.4, 0.5) is 4.39 Å². The second-order valence-corrected chi connectivity index (χ2v) is 9.39. The highest BCUT2D eigenvalue weighted by atomic mass is 19.1. The van der Waals surface area contributed by atoms with Crippen molar-refractivity contribution in [3.63, 3.8) is 0 Å². The van der Waals surface area contributed by atoms with Crippen LogP contribution in [0, 0.1) is 5.82 Å². The molecule has 39 heavy (non-hydrogen) atoms. The molecule has 7 heteroatoms. The molecular formula is C32H30FN3O3. The summed E-state index contributed by atoms with van der Waals surface area (Å²) in [5.74, 6) is 0.699. The topological polar surface area (TPSA) is 65.4 Å². The van der Waals surface area contributed by atoms with Crippen LogP contribution in [0.3, 0.4) is 0 Å². The number of nitrogens with one attached hydrogen (secondary N) is 1. The van der Waals surface area contributed by atoms with E-state index in [0.29, 0.717) is 24.6 Å². The number of para-hydroxylation sites is 1. The highest BCUT2D eigenvalue weighted by Crippen LogP contribution is 2.38. The number of carbonyl (C=O) groups is 1. The Morgan fingerprint density at radius 1 is 0.923 bits per heavy atom. The van der Waals surface area contributed by atoms with Crippen molar-refractivity contribution < 1.29 is 18.7 Å². The number of carbonyl (C=O) groups excluding carboxylic acids is 1. The summed E-state index contributed by atoms with van der Waals surface area (Å²) in [6.45, 7) is 0.991. The van der Waals surface area contributed by atoms with Crippen LogP contribution < -0.4 is 14.8 Å². The number of pyridine rings is 1. The summed E-state index contributed by atoms with van der Waals surface area (Å²) in [6, 6.07) is 24.2. The van der Waals surface area contributed by atoms with Gasteiger partial charge in [-0.1, -0.05) is 30.3 Å². The molecule has 3 aromatic carbocycles. The lowest BCUT2D eigenvalue weighted by Crippen LogP contribution is -2.25. The van der Waals surface area contributed by atoms with Crippen molar-refractivity contribution in [1.29, 1.82) is 0 Å². The molecule has 0 radical (unpaired) electrons. The Balaban J connectivity index is 1.54. The van der Waals surface area contributed by atoms with Crippen LogP contribution in [0.1, 0.15) is 34.6 Å². The Labute approximate surface area is 227 Å². The highest BCUT2D eigenvalue weighted by Gasteiger charge is 2.24. The maximum atomic E-state index is 13.5. The van der Waals surface area contributed by atoms with Crippen molar-refractivity contribution >= 4 is 16.8 Å². The minimum Gasteiger partial charge on any atom is -0.497 e. The number of nitrogens with zero attached hydrogens (tertiary/aromatic N) is 2. The zero-order valence-corrected chi connectivity index (χ0v) is 21.9. The van der Waals surface area contributed by atoms with E-state index in [-0.39, 0.29) is 24.1 Å². The predicted molar refractivity (Wildman–Crippen MR) is 150 cm³/mol. The van der Waals surface area contributed by atoms with Gasteiger partial charge in [-0.25, -0.2) is 4.39 Å². The molecule has 0 bridgehead atoms. The van der Waals surface area contributed by atoms with E-state index >= 15 is 0 Å². The Hall–Kier alpha value is -4.65. The fourth-order valence-electron chi connectivity index (χ4n) is 4.87. The lowest BCUT2D eigenvalue weighted by Gasteiger charge is -2.19. The maximum Gasteiger partial charge on any atom is 0.221 e. The van der Waals surface area contributed by atoms with Gasteiger partial charge >= 0.3 is 0 Å². The van der Waals surface area contributed by atoms with Gasteiger partial charge in [-0.3, -0.25) is 9.78 Å². The molecule has 2 aromatic heterocycles. The molecule has 0 aliphatic carbocycles. The van der Waals surface area contributed by atoms with Gasteiger partial charge < -0.3 is 19.4 Å². The third-order valence-corrected chi connectivity index (χ3v) is 6.87. The summed E-state index contributed by atoms with van der Waals surface area (Å²) in [6.07, 6.45) is 5.75. The van der Waals surface area contributed by atoms with Crippen LogP contribution in [0.15, 0.2) is 97.5 Å². The Bertz CT molecular complexity index is 1540. The number of ether oxygens (including phenoxy) is 2. The van der Waals surface area contributed by atoms with E-state index in [1.807, 2.05) is 42.5 Å². The Kier molecular flexibility index (Phi) is 7.87. The van der Waals surface area contributed by atoms with E-state index in [2.05, 4.69) is 33.2 Å². The molecule has 0 aliphatic rings. The molecule has 0 saturated heterocycles. The number of amides is 1. The second kappa shape index (κ2) is 11.8. The predicted octanol–water partition coefficient (Wildman–Crippen LogP) is 6.08. The van der Waals surface area contributed by atoms with Crippen molar-refractivity contribution in [2.45, 2.75) is 25.4 Å². The normalized spacial score (nSPS) is 11.8. The fourth-order valence-corrected chi connectivity index (χ4v) is 4.87. The molecule has 1 amide bonds. The van der Waals surface area contributed by atoms with Crippen molar-refractivity contribution in [3.8, 4) is 11.5 Å². The molecular weight excluding hydrogens is 493 g/mol. The molecule has 1 atom stereocenters. The number of rotatable bonds is 10. The zero-order chi connectivity index (χ0) is 27.2. The van der Waals surface area contributed by atoms with Gasteiger partial charge in [0.1, 0.15) is 17.3 Å². The molecule has 1 N–H and O–H groups in total.